The minimum absolute atomic E-state index is 0.0384. The molecule has 0 fully saturated rings. The molecule has 0 saturated heterocycles. The Balaban J connectivity index is 2.06. The third-order valence-corrected chi connectivity index (χ3v) is 4.34. The lowest BCUT2D eigenvalue weighted by Crippen LogP contribution is -2.13. The van der Waals surface area contributed by atoms with Crippen LogP contribution in [-0.2, 0) is 6.42 Å². The number of aryl methyl sites for hydroxylation is 1. The van der Waals surface area contributed by atoms with Crippen LogP contribution in [0, 0.1) is 6.92 Å². The number of hydrogen-bond acceptors (Lipinski definition) is 4. The summed E-state index contributed by atoms with van der Waals surface area (Å²) in [6.07, 6.45) is 2.89. The number of benzene rings is 1. The largest absolute Gasteiger partial charge is 0.324 e. The highest BCUT2D eigenvalue weighted by Crippen LogP contribution is 2.21. The van der Waals surface area contributed by atoms with E-state index >= 15 is 0 Å². The minimum Gasteiger partial charge on any atom is -0.324 e. The van der Waals surface area contributed by atoms with Gasteiger partial charge in [0.2, 0.25) is 0 Å². The molecule has 90 valence electrons. The number of nitrogens with zero attached hydrogens (tertiary/aromatic N) is 1. The van der Waals surface area contributed by atoms with E-state index in [-0.39, 0.29) is 6.04 Å². The van der Waals surface area contributed by atoms with Crippen LogP contribution in [0.4, 0.5) is 0 Å². The second kappa shape index (κ2) is 5.67. The third-order valence-electron chi connectivity index (χ3n) is 2.61. The van der Waals surface area contributed by atoms with Crippen molar-refractivity contribution in [3.63, 3.8) is 0 Å². The molecule has 1 heterocycles. The lowest BCUT2D eigenvalue weighted by molar-refractivity contribution is 0.716. The number of aromatic nitrogens is 1. The molecule has 0 saturated carbocycles. The zero-order valence-electron chi connectivity index (χ0n) is 10.0. The summed E-state index contributed by atoms with van der Waals surface area (Å²) < 4.78 is 0. The standard InChI is InChI=1S/C13H16N2S2/c1-9-8-17-13(15-9)7-12(14)10-3-5-11(16-2)6-4-10/h3-6,8,12H,7,14H2,1-2H3. The molecule has 0 bridgehead atoms. The topological polar surface area (TPSA) is 38.9 Å². The van der Waals surface area contributed by atoms with Crippen molar-refractivity contribution in [2.24, 2.45) is 5.73 Å². The highest BCUT2D eigenvalue weighted by molar-refractivity contribution is 7.98. The van der Waals surface area contributed by atoms with Gasteiger partial charge in [0.05, 0.1) is 5.01 Å². The molecule has 17 heavy (non-hydrogen) atoms. The van der Waals surface area contributed by atoms with Crippen LogP contribution >= 0.6 is 23.1 Å². The van der Waals surface area contributed by atoms with Gasteiger partial charge in [-0.25, -0.2) is 4.98 Å². The number of thioether (sulfide) groups is 1. The van der Waals surface area contributed by atoms with Crippen LogP contribution in [0.3, 0.4) is 0 Å². The summed E-state index contributed by atoms with van der Waals surface area (Å²) in [5.41, 5.74) is 8.44. The SMILES string of the molecule is CSc1ccc(C(N)Cc2nc(C)cs2)cc1. The molecule has 0 spiro atoms. The summed E-state index contributed by atoms with van der Waals surface area (Å²) in [5, 5.41) is 3.18. The quantitative estimate of drug-likeness (QED) is 0.860. The van der Waals surface area contributed by atoms with Crippen molar-refractivity contribution in [2.45, 2.75) is 24.3 Å². The molecule has 2 rings (SSSR count). The molecule has 0 amide bonds. The van der Waals surface area contributed by atoms with Crippen LogP contribution in [0.15, 0.2) is 34.5 Å². The molecule has 0 aliphatic rings. The summed E-state index contributed by atoms with van der Waals surface area (Å²) in [5.74, 6) is 0. The predicted molar refractivity (Wildman–Crippen MR) is 75.7 cm³/mol. The fourth-order valence-electron chi connectivity index (χ4n) is 1.65. The lowest BCUT2D eigenvalue weighted by Gasteiger charge is -2.10. The Morgan fingerprint density at radius 2 is 2.06 bits per heavy atom. The Bertz CT molecular complexity index is 476. The summed E-state index contributed by atoms with van der Waals surface area (Å²) in [7, 11) is 0. The van der Waals surface area contributed by atoms with Crippen LogP contribution in [0.25, 0.3) is 0 Å². The highest BCUT2D eigenvalue weighted by Gasteiger charge is 2.09. The number of rotatable bonds is 4. The maximum atomic E-state index is 6.19. The Morgan fingerprint density at radius 3 is 2.59 bits per heavy atom. The van der Waals surface area contributed by atoms with Crippen LogP contribution in [-0.4, -0.2) is 11.2 Å². The Labute approximate surface area is 110 Å². The highest BCUT2D eigenvalue weighted by atomic mass is 32.2. The van der Waals surface area contributed by atoms with Gasteiger partial charge < -0.3 is 5.73 Å². The van der Waals surface area contributed by atoms with Gasteiger partial charge >= 0.3 is 0 Å². The molecule has 1 aromatic heterocycles. The number of thiazole rings is 1. The second-order valence-electron chi connectivity index (χ2n) is 3.97. The lowest BCUT2D eigenvalue weighted by atomic mass is 10.1. The van der Waals surface area contributed by atoms with E-state index in [1.165, 1.54) is 10.5 Å². The molecule has 4 heteroatoms. The molecule has 0 aliphatic heterocycles. The Kier molecular flexibility index (Phi) is 4.20. The first-order chi connectivity index (χ1) is 8.19. The van der Waals surface area contributed by atoms with E-state index in [1.54, 1.807) is 23.1 Å². The Morgan fingerprint density at radius 1 is 1.35 bits per heavy atom. The van der Waals surface area contributed by atoms with Gasteiger partial charge in [-0.05, 0) is 30.9 Å². The molecule has 1 atom stereocenters. The van der Waals surface area contributed by atoms with E-state index in [9.17, 15) is 0 Å². The van der Waals surface area contributed by atoms with Gasteiger partial charge in [0, 0.05) is 28.4 Å². The van der Waals surface area contributed by atoms with Gasteiger partial charge in [0.1, 0.15) is 0 Å². The molecule has 2 N–H and O–H groups in total. The summed E-state index contributed by atoms with van der Waals surface area (Å²) in [6.45, 7) is 2.01. The molecular formula is C13H16N2S2. The van der Waals surface area contributed by atoms with Crippen molar-refractivity contribution < 1.29 is 0 Å². The van der Waals surface area contributed by atoms with Crippen molar-refractivity contribution in [3.05, 3.63) is 45.9 Å². The van der Waals surface area contributed by atoms with E-state index in [4.69, 9.17) is 5.73 Å². The molecule has 1 aromatic carbocycles. The van der Waals surface area contributed by atoms with Crippen molar-refractivity contribution in [2.75, 3.05) is 6.26 Å². The molecule has 2 nitrogen and oxygen atoms in total. The van der Waals surface area contributed by atoms with E-state index in [2.05, 4.69) is 40.9 Å². The minimum atomic E-state index is 0.0384. The molecule has 0 aliphatic carbocycles. The van der Waals surface area contributed by atoms with Crippen LogP contribution < -0.4 is 5.73 Å². The smallest absolute Gasteiger partial charge is 0.0947 e. The van der Waals surface area contributed by atoms with Gasteiger partial charge in [-0.15, -0.1) is 23.1 Å². The molecule has 2 aromatic rings. The summed E-state index contributed by atoms with van der Waals surface area (Å²) >= 11 is 3.43. The van der Waals surface area contributed by atoms with Crippen molar-refractivity contribution in [1.29, 1.82) is 0 Å². The van der Waals surface area contributed by atoms with Gasteiger partial charge in [-0.3, -0.25) is 0 Å². The van der Waals surface area contributed by atoms with Crippen LogP contribution in [0.1, 0.15) is 22.3 Å². The summed E-state index contributed by atoms with van der Waals surface area (Å²) in [6, 6.07) is 8.49. The van der Waals surface area contributed by atoms with Gasteiger partial charge in [0.25, 0.3) is 0 Å². The summed E-state index contributed by atoms with van der Waals surface area (Å²) in [4.78, 5) is 5.71. The van der Waals surface area contributed by atoms with Crippen LogP contribution in [0.2, 0.25) is 0 Å². The van der Waals surface area contributed by atoms with Crippen molar-refractivity contribution >= 4 is 23.1 Å². The zero-order valence-corrected chi connectivity index (χ0v) is 11.6. The first-order valence-electron chi connectivity index (χ1n) is 5.49. The zero-order chi connectivity index (χ0) is 12.3. The molecule has 1 unspecified atom stereocenters. The number of hydrogen-bond donors (Lipinski definition) is 1. The van der Waals surface area contributed by atoms with E-state index < -0.39 is 0 Å². The van der Waals surface area contributed by atoms with Crippen molar-refractivity contribution in [1.82, 2.24) is 4.98 Å². The van der Waals surface area contributed by atoms with E-state index in [0.717, 1.165) is 17.1 Å². The van der Waals surface area contributed by atoms with Crippen LogP contribution in [0.5, 0.6) is 0 Å². The van der Waals surface area contributed by atoms with Gasteiger partial charge in [-0.1, -0.05) is 12.1 Å². The normalized spacial score (nSPS) is 12.6. The fraction of sp³-hybridized carbons (Fsp3) is 0.308. The molecule has 0 radical (unpaired) electrons. The monoisotopic (exact) mass is 264 g/mol. The Hall–Kier alpha value is -0.840. The average molecular weight is 264 g/mol. The molecular weight excluding hydrogens is 248 g/mol. The number of nitrogens with two attached hydrogens (primary N) is 1. The first-order valence-corrected chi connectivity index (χ1v) is 7.60. The third kappa shape index (κ3) is 3.31. The van der Waals surface area contributed by atoms with Gasteiger partial charge in [0.15, 0.2) is 0 Å². The van der Waals surface area contributed by atoms with E-state index in [0.29, 0.717) is 0 Å². The van der Waals surface area contributed by atoms with Gasteiger partial charge in [-0.2, -0.15) is 0 Å². The van der Waals surface area contributed by atoms with E-state index in [1.807, 2.05) is 6.92 Å². The average Bonchev–Trinajstić information content (AvgIpc) is 2.75. The predicted octanol–water partition coefficient (Wildman–Crippen LogP) is 3.42. The second-order valence-corrected chi connectivity index (χ2v) is 5.79. The first kappa shape index (κ1) is 12.6. The fourth-order valence-corrected chi connectivity index (χ4v) is 2.89. The maximum absolute atomic E-state index is 6.19. The maximum Gasteiger partial charge on any atom is 0.0947 e. The van der Waals surface area contributed by atoms with Crippen molar-refractivity contribution in [3.8, 4) is 0 Å².